The van der Waals surface area contributed by atoms with Crippen molar-refractivity contribution in [3.63, 3.8) is 0 Å². The molecule has 0 saturated heterocycles. The average Bonchev–Trinajstić information content (AvgIpc) is 3.08. The van der Waals surface area contributed by atoms with Gasteiger partial charge in [-0.3, -0.25) is 18.9 Å². The topological polar surface area (TPSA) is 155 Å². The van der Waals surface area contributed by atoms with Crippen molar-refractivity contribution in [3.05, 3.63) is 23.8 Å². The standard InChI is InChI=1S/C24H32O9S/c1-22-10-7-15(25)13-14(22)3-4-16-17-5-6-19(23(17,2)11-8-18(16)22)21(27)24(28,29)33-20(26)9-12-34(30,31)32/h7,10,13,16-19,28-29H,3-6,8-9,11-12H2,1-2H3,(H,30,31,32)/t16-,17-,18-,19+,22-,23-/m0/s1. The zero-order valence-corrected chi connectivity index (χ0v) is 20.2. The summed E-state index contributed by atoms with van der Waals surface area (Å²) in [6.07, 6.45) is 9.01. The quantitative estimate of drug-likeness (QED) is 0.284. The smallest absolute Gasteiger partial charge is 0.388 e. The number of ether oxygens (including phenoxy) is 1. The van der Waals surface area contributed by atoms with Crippen LogP contribution in [0.2, 0.25) is 0 Å². The molecular weight excluding hydrogens is 464 g/mol. The van der Waals surface area contributed by atoms with Crippen molar-refractivity contribution < 1.29 is 42.3 Å². The minimum absolute atomic E-state index is 0.0199. The van der Waals surface area contributed by atoms with Crippen LogP contribution in [0, 0.1) is 34.5 Å². The molecule has 0 aromatic carbocycles. The molecule has 10 heteroatoms. The summed E-state index contributed by atoms with van der Waals surface area (Å²) < 4.78 is 34.9. The number of allylic oxidation sites excluding steroid dienone is 4. The third-order valence-corrected chi connectivity index (χ3v) is 9.73. The highest BCUT2D eigenvalue weighted by atomic mass is 32.2. The highest BCUT2D eigenvalue weighted by Gasteiger charge is 2.62. The minimum atomic E-state index is -4.44. The second-order valence-electron chi connectivity index (χ2n) is 10.8. The summed E-state index contributed by atoms with van der Waals surface area (Å²) in [5.74, 6) is -6.50. The van der Waals surface area contributed by atoms with Gasteiger partial charge in [0.25, 0.3) is 10.1 Å². The lowest BCUT2D eigenvalue weighted by Crippen LogP contribution is -2.54. The Bertz CT molecular complexity index is 1070. The van der Waals surface area contributed by atoms with E-state index in [1.807, 2.05) is 13.0 Å². The highest BCUT2D eigenvalue weighted by Crippen LogP contribution is 2.66. The Morgan fingerprint density at radius 3 is 2.53 bits per heavy atom. The predicted octanol–water partition coefficient (Wildman–Crippen LogP) is 1.94. The van der Waals surface area contributed by atoms with Crippen LogP contribution in [0.5, 0.6) is 0 Å². The molecule has 0 unspecified atom stereocenters. The van der Waals surface area contributed by atoms with Gasteiger partial charge in [0.05, 0.1) is 12.2 Å². The first-order valence-corrected chi connectivity index (χ1v) is 13.4. The van der Waals surface area contributed by atoms with E-state index >= 15 is 0 Å². The monoisotopic (exact) mass is 496 g/mol. The Kier molecular flexibility index (Phi) is 6.20. The zero-order valence-electron chi connectivity index (χ0n) is 19.4. The van der Waals surface area contributed by atoms with Crippen LogP contribution in [0.25, 0.3) is 0 Å². The first-order valence-electron chi connectivity index (χ1n) is 11.8. The molecule has 6 atom stereocenters. The van der Waals surface area contributed by atoms with E-state index in [0.717, 1.165) is 31.3 Å². The molecule has 0 bridgehead atoms. The molecule has 3 N–H and O–H groups in total. The number of hydrogen-bond acceptors (Lipinski definition) is 8. The normalized spacial score (nSPS) is 37.3. The molecule has 4 aliphatic carbocycles. The van der Waals surface area contributed by atoms with Crippen LogP contribution in [-0.4, -0.2) is 52.4 Å². The molecule has 0 aromatic rings. The first kappa shape index (κ1) is 25.2. The fourth-order valence-corrected chi connectivity index (χ4v) is 7.75. The van der Waals surface area contributed by atoms with E-state index in [9.17, 15) is 33.0 Å². The summed E-state index contributed by atoms with van der Waals surface area (Å²) >= 11 is 0. The van der Waals surface area contributed by atoms with E-state index in [4.69, 9.17) is 4.55 Å². The van der Waals surface area contributed by atoms with E-state index in [1.54, 1.807) is 12.2 Å². The molecule has 0 heterocycles. The fraction of sp³-hybridized carbons (Fsp3) is 0.708. The number of Topliss-reactive ketones (excluding diaryl/α,β-unsaturated/α-hetero) is 1. The number of fused-ring (bicyclic) bond motifs is 5. The lowest BCUT2D eigenvalue weighted by molar-refractivity contribution is -0.300. The molecule has 34 heavy (non-hydrogen) atoms. The summed E-state index contributed by atoms with van der Waals surface area (Å²) in [5.41, 5.74) is 0.472. The third kappa shape index (κ3) is 4.29. The largest absolute Gasteiger partial charge is 0.402 e. The molecule has 4 rings (SSSR count). The van der Waals surface area contributed by atoms with Gasteiger partial charge in [-0.25, -0.2) is 0 Å². The fourth-order valence-electron chi connectivity index (χ4n) is 7.33. The van der Waals surface area contributed by atoms with Crippen molar-refractivity contribution in [2.45, 2.75) is 64.8 Å². The summed E-state index contributed by atoms with van der Waals surface area (Å²) in [6.45, 7) is 4.17. The molecule has 4 aliphatic rings. The van der Waals surface area contributed by atoms with Gasteiger partial charge in [-0.05, 0) is 73.8 Å². The Morgan fingerprint density at radius 1 is 1.15 bits per heavy atom. The van der Waals surface area contributed by atoms with Gasteiger partial charge < -0.3 is 14.9 Å². The van der Waals surface area contributed by atoms with Gasteiger partial charge >= 0.3 is 11.9 Å². The number of carbonyl (C=O) groups is 3. The summed E-state index contributed by atoms with van der Waals surface area (Å²) in [6, 6.07) is 0. The van der Waals surface area contributed by atoms with Crippen LogP contribution in [-0.2, 0) is 29.2 Å². The van der Waals surface area contributed by atoms with Crippen LogP contribution < -0.4 is 0 Å². The van der Waals surface area contributed by atoms with Crippen molar-refractivity contribution in [1.82, 2.24) is 0 Å². The van der Waals surface area contributed by atoms with E-state index in [1.165, 1.54) is 0 Å². The molecule has 0 radical (unpaired) electrons. The summed E-state index contributed by atoms with van der Waals surface area (Å²) in [4.78, 5) is 36.9. The van der Waals surface area contributed by atoms with Crippen LogP contribution in [0.4, 0.5) is 0 Å². The number of rotatable bonds is 6. The summed E-state index contributed by atoms with van der Waals surface area (Å²) in [7, 11) is -4.44. The van der Waals surface area contributed by atoms with Gasteiger partial charge in [0.1, 0.15) is 0 Å². The maximum Gasteiger partial charge on any atom is 0.388 e. The molecule has 188 valence electrons. The molecule has 3 saturated carbocycles. The Balaban J connectivity index is 1.50. The Labute approximate surface area is 199 Å². The van der Waals surface area contributed by atoms with E-state index in [-0.39, 0.29) is 17.1 Å². The second kappa shape index (κ2) is 8.36. The number of esters is 1. The van der Waals surface area contributed by atoms with Crippen molar-refractivity contribution >= 4 is 27.7 Å². The number of aliphatic hydroxyl groups is 2. The van der Waals surface area contributed by atoms with Crippen molar-refractivity contribution in [2.24, 2.45) is 34.5 Å². The number of carbonyl (C=O) groups excluding carboxylic acids is 3. The maximum absolute atomic E-state index is 13.1. The second-order valence-corrected chi connectivity index (χ2v) is 12.3. The van der Waals surface area contributed by atoms with Gasteiger partial charge in [0.2, 0.25) is 5.78 Å². The molecule has 9 nitrogen and oxygen atoms in total. The van der Waals surface area contributed by atoms with Crippen LogP contribution in [0.3, 0.4) is 0 Å². The van der Waals surface area contributed by atoms with Gasteiger partial charge in [-0.15, -0.1) is 0 Å². The Morgan fingerprint density at radius 2 is 1.85 bits per heavy atom. The lowest BCUT2D eigenvalue weighted by atomic mass is 9.47. The van der Waals surface area contributed by atoms with Crippen molar-refractivity contribution in [3.8, 4) is 0 Å². The van der Waals surface area contributed by atoms with Crippen molar-refractivity contribution in [1.29, 1.82) is 0 Å². The lowest BCUT2D eigenvalue weighted by Gasteiger charge is -2.57. The van der Waals surface area contributed by atoms with E-state index in [2.05, 4.69) is 11.7 Å². The molecule has 0 amide bonds. The average molecular weight is 497 g/mol. The maximum atomic E-state index is 13.1. The molecule has 0 spiro atoms. The SMILES string of the molecule is C[C@]12CC[C@H]3[C@@H](CCC4=CC(=O)C=C[C@@]43C)[C@@H]1CC[C@@H]2C(=O)C(O)(O)OC(=O)CCS(=O)(=O)O. The number of ketones is 2. The Hall–Kier alpha value is -1.88. The molecule has 0 aliphatic heterocycles. The first-order chi connectivity index (χ1) is 15.7. The van der Waals surface area contributed by atoms with Crippen LogP contribution in [0.15, 0.2) is 23.8 Å². The van der Waals surface area contributed by atoms with Gasteiger partial charge in [-0.2, -0.15) is 8.42 Å². The number of hydrogen-bond donors (Lipinski definition) is 3. The zero-order chi connectivity index (χ0) is 25.1. The molecule has 0 aromatic heterocycles. The van der Waals surface area contributed by atoms with Crippen molar-refractivity contribution in [2.75, 3.05) is 5.75 Å². The van der Waals surface area contributed by atoms with Gasteiger partial charge in [0, 0.05) is 11.3 Å². The van der Waals surface area contributed by atoms with Gasteiger partial charge in [-0.1, -0.05) is 25.5 Å². The van der Waals surface area contributed by atoms with Gasteiger partial charge in [0.15, 0.2) is 5.78 Å². The highest BCUT2D eigenvalue weighted by molar-refractivity contribution is 7.85. The van der Waals surface area contributed by atoms with Crippen LogP contribution >= 0.6 is 0 Å². The predicted molar refractivity (Wildman–Crippen MR) is 119 cm³/mol. The summed E-state index contributed by atoms with van der Waals surface area (Å²) in [5, 5.41) is 20.6. The third-order valence-electron chi connectivity index (χ3n) is 9.01. The molecular formula is C24H32O9S. The van der Waals surface area contributed by atoms with E-state index in [0.29, 0.717) is 24.7 Å². The van der Waals surface area contributed by atoms with Crippen LogP contribution in [0.1, 0.15) is 58.8 Å². The minimum Gasteiger partial charge on any atom is -0.402 e. The van der Waals surface area contributed by atoms with E-state index < -0.39 is 51.4 Å². The molecule has 3 fully saturated rings.